The molecule has 0 aliphatic carbocycles. The quantitative estimate of drug-likeness (QED) is 0.196. The SMILES string of the molecule is CCOC(=O)C1=C(C)N=c2s/c(=C/c3cn(Cc4ccccc4Cl)c4ccccc34)c(=O)n2[C@@H]1c1ccc(C(C)C)cc1. The molecule has 3 aromatic carbocycles. The molecule has 1 aliphatic heterocycles. The zero-order valence-electron chi connectivity index (χ0n) is 24.5. The van der Waals surface area contributed by atoms with Crippen LogP contribution in [-0.2, 0) is 16.1 Å². The van der Waals surface area contributed by atoms with Crippen molar-refractivity contribution in [1.82, 2.24) is 9.13 Å². The van der Waals surface area contributed by atoms with E-state index in [4.69, 9.17) is 21.3 Å². The van der Waals surface area contributed by atoms with Crippen LogP contribution in [0.15, 0.2) is 100 Å². The highest BCUT2D eigenvalue weighted by Gasteiger charge is 2.33. The lowest BCUT2D eigenvalue weighted by atomic mass is 9.93. The highest BCUT2D eigenvalue weighted by Crippen LogP contribution is 2.32. The molecule has 218 valence electrons. The molecule has 43 heavy (non-hydrogen) atoms. The van der Waals surface area contributed by atoms with Crippen molar-refractivity contribution < 1.29 is 9.53 Å². The Hall–Kier alpha value is -4.20. The Morgan fingerprint density at radius 3 is 2.51 bits per heavy atom. The number of fused-ring (bicyclic) bond motifs is 2. The van der Waals surface area contributed by atoms with Crippen molar-refractivity contribution in [2.24, 2.45) is 4.99 Å². The van der Waals surface area contributed by atoms with Gasteiger partial charge in [0.15, 0.2) is 4.80 Å². The Kier molecular flexibility index (Phi) is 7.95. The molecule has 0 unspecified atom stereocenters. The minimum Gasteiger partial charge on any atom is -0.463 e. The zero-order valence-corrected chi connectivity index (χ0v) is 26.1. The van der Waals surface area contributed by atoms with Gasteiger partial charge < -0.3 is 9.30 Å². The fourth-order valence-corrected chi connectivity index (χ4v) is 6.88. The van der Waals surface area contributed by atoms with Gasteiger partial charge in [0.1, 0.15) is 0 Å². The molecule has 0 N–H and O–H groups in total. The molecular weight excluding hydrogens is 578 g/mol. The third kappa shape index (κ3) is 5.39. The number of esters is 1. The molecule has 5 aromatic rings. The molecule has 0 bridgehead atoms. The van der Waals surface area contributed by atoms with Crippen LogP contribution in [0.2, 0.25) is 5.02 Å². The summed E-state index contributed by atoms with van der Waals surface area (Å²) < 4.78 is 9.78. The number of aromatic nitrogens is 2. The molecule has 0 saturated carbocycles. The van der Waals surface area contributed by atoms with Crippen LogP contribution in [0, 0.1) is 0 Å². The van der Waals surface area contributed by atoms with E-state index in [2.05, 4.69) is 48.9 Å². The van der Waals surface area contributed by atoms with E-state index in [-0.39, 0.29) is 12.2 Å². The van der Waals surface area contributed by atoms with Crippen molar-refractivity contribution in [2.75, 3.05) is 6.61 Å². The minimum absolute atomic E-state index is 0.195. The number of carbonyl (C=O) groups excluding carboxylic acids is 1. The molecule has 0 radical (unpaired) electrons. The van der Waals surface area contributed by atoms with Gasteiger partial charge in [0.25, 0.3) is 5.56 Å². The van der Waals surface area contributed by atoms with Gasteiger partial charge in [-0.15, -0.1) is 0 Å². The summed E-state index contributed by atoms with van der Waals surface area (Å²) in [7, 11) is 0. The molecule has 3 heterocycles. The number of thiazole rings is 1. The number of halogens is 1. The van der Waals surface area contributed by atoms with Crippen molar-refractivity contribution in [3.8, 4) is 0 Å². The Bertz CT molecular complexity index is 2070. The van der Waals surface area contributed by atoms with Crippen molar-refractivity contribution in [3.05, 3.63) is 137 Å². The topological polar surface area (TPSA) is 65.6 Å². The van der Waals surface area contributed by atoms with E-state index in [1.807, 2.05) is 54.6 Å². The number of carbonyl (C=O) groups is 1. The van der Waals surface area contributed by atoms with Gasteiger partial charge in [-0.3, -0.25) is 9.36 Å². The van der Waals surface area contributed by atoms with Crippen LogP contribution in [0.3, 0.4) is 0 Å². The Morgan fingerprint density at radius 1 is 1.07 bits per heavy atom. The zero-order chi connectivity index (χ0) is 30.2. The maximum Gasteiger partial charge on any atom is 0.338 e. The predicted octanol–water partition coefficient (Wildman–Crippen LogP) is 6.58. The normalized spacial score (nSPS) is 15.2. The summed E-state index contributed by atoms with van der Waals surface area (Å²) >= 11 is 7.81. The summed E-state index contributed by atoms with van der Waals surface area (Å²) in [4.78, 5) is 32.7. The fourth-order valence-electron chi connectivity index (χ4n) is 5.64. The number of allylic oxidation sites excluding steroid dienone is 1. The number of rotatable bonds is 7. The molecule has 0 fully saturated rings. The number of benzene rings is 3. The number of nitrogens with zero attached hydrogens (tertiary/aromatic N) is 3. The minimum atomic E-state index is -0.639. The van der Waals surface area contributed by atoms with E-state index in [1.165, 1.54) is 16.9 Å². The van der Waals surface area contributed by atoms with Crippen LogP contribution in [0.4, 0.5) is 0 Å². The first-order valence-corrected chi connectivity index (χ1v) is 15.6. The average Bonchev–Trinajstić information content (AvgIpc) is 3.50. The first kappa shape index (κ1) is 28.9. The van der Waals surface area contributed by atoms with Crippen LogP contribution in [0.25, 0.3) is 17.0 Å². The smallest absolute Gasteiger partial charge is 0.338 e. The molecule has 1 aliphatic rings. The molecular formula is C35H32ClN3O3S. The van der Waals surface area contributed by atoms with Crippen molar-refractivity contribution >= 4 is 45.9 Å². The third-order valence-electron chi connectivity index (χ3n) is 7.84. The summed E-state index contributed by atoms with van der Waals surface area (Å²) in [5, 5.41) is 1.74. The van der Waals surface area contributed by atoms with E-state index in [0.29, 0.717) is 38.1 Å². The van der Waals surface area contributed by atoms with E-state index in [9.17, 15) is 9.59 Å². The molecule has 2 aromatic heterocycles. The third-order valence-corrected chi connectivity index (χ3v) is 9.19. The molecule has 8 heteroatoms. The molecule has 6 rings (SSSR count). The molecule has 1 atom stereocenters. The van der Waals surface area contributed by atoms with Crippen molar-refractivity contribution in [3.63, 3.8) is 0 Å². The van der Waals surface area contributed by atoms with Gasteiger partial charge >= 0.3 is 5.97 Å². The first-order valence-electron chi connectivity index (χ1n) is 14.4. The van der Waals surface area contributed by atoms with E-state index < -0.39 is 12.0 Å². The molecule has 6 nitrogen and oxygen atoms in total. The summed E-state index contributed by atoms with van der Waals surface area (Å²) in [6.07, 6.45) is 3.99. The molecule has 0 spiro atoms. The lowest BCUT2D eigenvalue weighted by Crippen LogP contribution is -2.39. The maximum atomic E-state index is 14.2. The average molecular weight is 610 g/mol. The first-order chi connectivity index (χ1) is 20.8. The lowest BCUT2D eigenvalue weighted by Gasteiger charge is -2.25. The second-order valence-electron chi connectivity index (χ2n) is 10.9. The Morgan fingerprint density at radius 2 is 1.79 bits per heavy atom. The van der Waals surface area contributed by atoms with Gasteiger partial charge in [-0.25, -0.2) is 9.79 Å². The standard InChI is InChI=1S/C35H32ClN3O3S/c1-5-42-34(41)31-22(4)37-35-39(32(31)24-16-14-23(15-17-24)21(2)3)33(40)30(43-35)18-26-20-38(29-13-9-7-11-27(26)29)19-25-10-6-8-12-28(25)36/h6-18,20-21,32H,5,19H2,1-4H3/b30-18+/t32-/m1/s1. The van der Waals surface area contributed by atoms with Gasteiger partial charge in [0, 0.05) is 34.2 Å². The van der Waals surface area contributed by atoms with E-state index >= 15 is 0 Å². The van der Waals surface area contributed by atoms with Crippen LogP contribution < -0.4 is 14.9 Å². The van der Waals surface area contributed by atoms with Gasteiger partial charge in [0.2, 0.25) is 0 Å². The van der Waals surface area contributed by atoms with Crippen LogP contribution in [-0.4, -0.2) is 21.7 Å². The highest BCUT2D eigenvalue weighted by atomic mass is 35.5. The summed E-state index contributed by atoms with van der Waals surface area (Å²) in [5.41, 5.74) is 5.75. The Labute approximate surface area is 258 Å². The summed E-state index contributed by atoms with van der Waals surface area (Å²) in [5.74, 6) is -0.100. The number of hydrogen-bond acceptors (Lipinski definition) is 5. The number of para-hydroxylation sites is 1. The summed E-state index contributed by atoms with van der Waals surface area (Å²) in [6, 6.07) is 23.4. The predicted molar refractivity (Wildman–Crippen MR) is 173 cm³/mol. The van der Waals surface area contributed by atoms with Gasteiger partial charge in [0.05, 0.1) is 28.5 Å². The van der Waals surface area contributed by atoms with Crippen molar-refractivity contribution in [2.45, 2.75) is 46.2 Å². The van der Waals surface area contributed by atoms with Crippen LogP contribution in [0.5, 0.6) is 0 Å². The molecule has 0 saturated heterocycles. The largest absolute Gasteiger partial charge is 0.463 e. The monoisotopic (exact) mass is 609 g/mol. The van der Waals surface area contributed by atoms with E-state index in [0.717, 1.165) is 27.6 Å². The highest BCUT2D eigenvalue weighted by molar-refractivity contribution is 7.07. The van der Waals surface area contributed by atoms with Crippen molar-refractivity contribution in [1.29, 1.82) is 0 Å². The summed E-state index contributed by atoms with van der Waals surface area (Å²) in [6.45, 7) is 8.69. The Balaban J connectivity index is 1.51. The van der Waals surface area contributed by atoms with E-state index in [1.54, 1.807) is 18.4 Å². The van der Waals surface area contributed by atoms with Crippen LogP contribution >= 0.6 is 22.9 Å². The second kappa shape index (κ2) is 11.8. The van der Waals surface area contributed by atoms with Gasteiger partial charge in [-0.2, -0.15) is 0 Å². The maximum absolute atomic E-state index is 14.2. The van der Waals surface area contributed by atoms with Crippen LogP contribution in [0.1, 0.15) is 61.9 Å². The second-order valence-corrected chi connectivity index (χ2v) is 12.4. The lowest BCUT2D eigenvalue weighted by molar-refractivity contribution is -0.139. The molecule has 0 amide bonds. The fraction of sp³-hybridized carbons (Fsp3) is 0.229. The van der Waals surface area contributed by atoms with Gasteiger partial charge in [-0.05, 0) is 54.7 Å². The number of ether oxygens (including phenoxy) is 1. The number of hydrogen-bond donors (Lipinski definition) is 0. The van der Waals surface area contributed by atoms with Gasteiger partial charge in [-0.1, -0.05) is 97.4 Å².